The van der Waals surface area contributed by atoms with E-state index in [1.807, 2.05) is 12.1 Å². The van der Waals surface area contributed by atoms with E-state index in [1.54, 1.807) is 31.4 Å². The minimum atomic E-state index is -3.58. The molecule has 0 bridgehead atoms. The van der Waals surface area contributed by atoms with Crippen LogP contribution in [0.4, 0.5) is 0 Å². The summed E-state index contributed by atoms with van der Waals surface area (Å²) in [7, 11) is -2.03. The van der Waals surface area contributed by atoms with Crippen molar-refractivity contribution in [2.24, 2.45) is 11.1 Å². The van der Waals surface area contributed by atoms with E-state index < -0.39 is 20.5 Å². The molecule has 1 saturated carbocycles. The van der Waals surface area contributed by atoms with Gasteiger partial charge in [0.1, 0.15) is 0 Å². The molecule has 4 nitrogen and oxygen atoms in total. The van der Waals surface area contributed by atoms with Gasteiger partial charge in [0.25, 0.3) is 0 Å². The molecule has 0 aromatic heterocycles. The summed E-state index contributed by atoms with van der Waals surface area (Å²) in [4.78, 5) is 0.243. The molecule has 2 aromatic carbocycles. The topological polar surface area (TPSA) is 69.4 Å². The molecule has 7 heteroatoms. The van der Waals surface area contributed by atoms with Crippen LogP contribution in [0.2, 0.25) is 10.0 Å². The highest BCUT2D eigenvalue weighted by atomic mass is 35.5. The van der Waals surface area contributed by atoms with E-state index in [1.165, 1.54) is 12.1 Å². The van der Waals surface area contributed by atoms with E-state index in [0.717, 1.165) is 5.56 Å². The van der Waals surface area contributed by atoms with E-state index >= 15 is 0 Å². The maximum absolute atomic E-state index is 13.2. The van der Waals surface area contributed by atoms with Gasteiger partial charge in [-0.3, -0.25) is 0 Å². The van der Waals surface area contributed by atoms with Crippen molar-refractivity contribution in [2.45, 2.75) is 16.1 Å². The zero-order valence-electron chi connectivity index (χ0n) is 13.7. The SMILES string of the molecule is COC[C@]1(CN)[C@H](c2ccc(Cl)cc2)[C@@H]1S(=O)(=O)c1ccc(Cl)cc1. The number of methoxy groups -OCH3 is 1. The van der Waals surface area contributed by atoms with Gasteiger partial charge >= 0.3 is 0 Å². The molecule has 25 heavy (non-hydrogen) atoms. The molecule has 2 aromatic rings. The van der Waals surface area contributed by atoms with Crippen molar-refractivity contribution in [2.75, 3.05) is 20.3 Å². The van der Waals surface area contributed by atoms with Crippen molar-refractivity contribution in [1.29, 1.82) is 0 Å². The van der Waals surface area contributed by atoms with Crippen molar-refractivity contribution in [3.8, 4) is 0 Å². The lowest BCUT2D eigenvalue weighted by Crippen LogP contribution is -2.28. The number of benzene rings is 2. The van der Waals surface area contributed by atoms with Gasteiger partial charge < -0.3 is 10.5 Å². The van der Waals surface area contributed by atoms with Crippen LogP contribution in [-0.2, 0) is 14.6 Å². The normalized spacial score (nSPS) is 25.8. The van der Waals surface area contributed by atoms with E-state index in [2.05, 4.69) is 0 Å². The molecule has 1 fully saturated rings. The van der Waals surface area contributed by atoms with Gasteiger partial charge in [0.2, 0.25) is 0 Å². The summed E-state index contributed by atoms with van der Waals surface area (Å²) < 4.78 is 31.8. The standard InChI is InChI=1S/C18H19Cl2NO3S/c1-24-11-18(10-21)16(12-2-4-13(19)5-3-12)17(18)25(22,23)15-8-6-14(20)7-9-15/h2-9,16-17H,10-11,21H2,1H3/t16-,17+,18-/m1/s1. The highest BCUT2D eigenvalue weighted by Gasteiger charge is 2.70. The second kappa shape index (κ2) is 6.89. The Kier molecular flexibility index (Phi) is 5.15. The van der Waals surface area contributed by atoms with Gasteiger partial charge in [0.15, 0.2) is 9.84 Å². The second-order valence-corrected chi connectivity index (χ2v) is 9.26. The van der Waals surface area contributed by atoms with Gasteiger partial charge in [0.05, 0.1) is 16.8 Å². The van der Waals surface area contributed by atoms with Crippen LogP contribution in [0, 0.1) is 5.41 Å². The Hall–Kier alpha value is -1.11. The molecule has 3 atom stereocenters. The lowest BCUT2D eigenvalue weighted by Gasteiger charge is -2.15. The van der Waals surface area contributed by atoms with Crippen molar-refractivity contribution in [1.82, 2.24) is 0 Å². The highest BCUT2D eigenvalue weighted by Crippen LogP contribution is 2.63. The molecule has 2 N–H and O–H groups in total. The Bertz CT molecular complexity index is 853. The summed E-state index contributed by atoms with van der Waals surface area (Å²) in [5.41, 5.74) is 6.26. The third-order valence-corrected chi connectivity index (χ3v) is 7.72. The lowest BCUT2D eigenvalue weighted by atomic mass is 10.0. The smallest absolute Gasteiger partial charge is 0.182 e. The molecular weight excluding hydrogens is 381 g/mol. The molecule has 1 aliphatic carbocycles. The van der Waals surface area contributed by atoms with Crippen LogP contribution in [0.25, 0.3) is 0 Å². The maximum Gasteiger partial charge on any atom is 0.182 e. The van der Waals surface area contributed by atoms with E-state index in [-0.39, 0.29) is 24.0 Å². The largest absolute Gasteiger partial charge is 0.384 e. The summed E-state index contributed by atoms with van der Waals surface area (Å²) in [6.07, 6.45) is 0. The zero-order valence-corrected chi connectivity index (χ0v) is 16.0. The molecular formula is C18H19Cl2NO3S. The van der Waals surface area contributed by atoms with E-state index in [9.17, 15) is 8.42 Å². The van der Waals surface area contributed by atoms with Crippen LogP contribution in [0.5, 0.6) is 0 Å². The van der Waals surface area contributed by atoms with Crippen LogP contribution in [-0.4, -0.2) is 33.9 Å². The lowest BCUT2D eigenvalue weighted by molar-refractivity contribution is 0.142. The first kappa shape index (κ1) is 18.7. The Balaban J connectivity index is 2.05. The molecule has 0 saturated heterocycles. The van der Waals surface area contributed by atoms with Crippen LogP contribution < -0.4 is 5.73 Å². The van der Waals surface area contributed by atoms with Gasteiger partial charge in [-0.15, -0.1) is 0 Å². The third kappa shape index (κ3) is 3.20. The Morgan fingerprint density at radius 3 is 2.04 bits per heavy atom. The number of hydrogen-bond acceptors (Lipinski definition) is 4. The summed E-state index contributed by atoms with van der Waals surface area (Å²) in [6, 6.07) is 13.4. The van der Waals surface area contributed by atoms with Crippen molar-refractivity contribution in [3.05, 3.63) is 64.1 Å². The van der Waals surface area contributed by atoms with Crippen molar-refractivity contribution >= 4 is 33.0 Å². The fourth-order valence-corrected chi connectivity index (χ4v) is 6.33. The third-order valence-electron chi connectivity index (χ3n) is 4.88. The van der Waals surface area contributed by atoms with Crippen molar-refractivity contribution < 1.29 is 13.2 Å². The summed E-state index contributed by atoms with van der Waals surface area (Å²) in [5, 5.41) is 0.449. The second-order valence-electron chi connectivity index (χ2n) is 6.32. The van der Waals surface area contributed by atoms with Crippen LogP contribution in [0.3, 0.4) is 0 Å². The Labute approximate surface area is 157 Å². The minimum Gasteiger partial charge on any atom is -0.384 e. The van der Waals surface area contributed by atoms with Gasteiger partial charge in [0, 0.05) is 35.0 Å². The first-order valence-corrected chi connectivity index (χ1v) is 10.1. The summed E-state index contributed by atoms with van der Waals surface area (Å²) >= 11 is 11.8. The molecule has 3 rings (SSSR count). The average molecular weight is 400 g/mol. The molecule has 0 aliphatic heterocycles. The fourth-order valence-electron chi connectivity index (χ4n) is 3.63. The van der Waals surface area contributed by atoms with Gasteiger partial charge in [-0.25, -0.2) is 8.42 Å². The first-order chi connectivity index (χ1) is 11.9. The number of hydrogen-bond donors (Lipinski definition) is 1. The maximum atomic E-state index is 13.2. The number of rotatable bonds is 6. The molecule has 0 heterocycles. The molecule has 134 valence electrons. The number of nitrogens with two attached hydrogens (primary N) is 1. The molecule has 0 spiro atoms. The Morgan fingerprint density at radius 2 is 1.56 bits per heavy atom. The predicted molar refractivity (Wildman–Crippen MR) is 100.0 cm³/mol. The van der Waals surface area contributed by atoms with Crippen LogP contribution >= 0.6 is 23.2 Å². The first-order valence-electron chi connectivity index (χ1n) is 7.81. The summed E-state index contributed by atoms with van der Waals surface area (Å²) in [5.74, 6) is -0.240. The van der Waals surface area contributed by atoms with E-state index in [0.29, 0.717) is 10.0 Å². The fraction of sp³-hybridized carbons (Fsp3) is 0.333. The minimum absolute atomic E-state index is 0.214. The zero-order chi connectivity index (χ0) is 18.2. The monoisotopic (exact) mass is 399 g/mol. The number of ether oxygens (including phenoxy) is 1. The predicted octanol–water partition coefficient (Wildman–Crippen LogP) is 3.52. The number of halogens is 2. The Morgan fingerprint density at radius 1 is 1.04 bits per heavy atom. The van der Waals surface area contributed by atoms with Crippen LogP contribution in [0.1, 0.15) is 11.5 Å². The summed E-state index contributed by atoms with van der Waals surface area (Å²) in [6.45, 7) is 0.486. The quantitative estimate of drug-likeness (QED) is 0.806. The average Bonchev–Trinajstić information content (AvgIpc) is 3.26. The molecule has 1 aliphatic rings. The molecule has 0 radical (unpaired) electrons. The van der Waals surface area contributed by atoms with Gasteiger partial charge in [-0.1, -0.05) is 35.3 Å². The molecule has 0 amide bonds. The molecule has 0 unspecified atom stereocenters. The van der Waals surface area contributed by atoms with Gasteiger partial charge in [-0.05, 0) is 42.0 Å². The van der Waals surface area contributed by atoms with Crippen molar-refractivity contribution in [3.63, 3.8) is 0 Å². The highest BCUT2D eigenvalue weighted by molar-refractivity contribution is 7.92. The number of sulfone groups is 1. The van der Waals surface area contributed by atoms with E-state index in [4.69, 9.17) is 33.7 Å². The van der Waals surface area contributed by atoms with Crippen LogP contribution in [0.15, 0.2) is 53.4 Å². The van der Waals surface area contributed by atoms with Gasteiger partial charge in [-0.2, -0.15) is 0 Å².